The number of hydrogen-bond donors (Lipinski definition) is 1. The van der Waals surface area contributed by atoms with Crippen molar-refractivity contribution in [1.82, 2.24) is 0 Å². The third kappa shape index (κ3) is 4.20. The molecule has 0 fully saturated rings. The lowest BCUT2D eigenvalue weighted by molar-refractivity contribution is 0.0510. The van der Waals surface area contributed by atoms with Gasteiger partial charge in [0.15, 0.2) is 6.79 Å². The van der Waals surface area contributed by atoms with Gasteiger partial charge in [-0.2, -0.15) is 0 Å². The Kier molecular flexibility index (Phi) is 5.08. The molecular weight excluding hydrogens is 258 g/mol. The first kappa shape index (κ1) is 12.5. The van der Waals surface area contributed by atoms with Crippen molar-refractivity contribution in [2.75, 3.05) is 13.9 Å². The highest BCUT2D eigenvalue weighted by molar-refractivity contribution is 9.10. The summed E-state index contributed by atoms with van der Waals surface area (Å²) >= 11 is 3.48. The van der Waals surface area contributed by atoms with Gasteiger partial charge < -0.3 is 15.2 Å². The van der Waals surface area contributed by atoms with Gasteiger partial charge in [0, 0.05) is 17.6 Å². The Balaban J connectivity index is 2.75. The number of ether oxygens (including phenoxy) is 2. The number of hydrogen-bond acceptors (Lipinski definition) is 3. The zero-order chi connectivity index (χ0) is 11.3. The molecule has 2 N–H and O–H groups in total. The SMILES string of the molecule is COCOc1ccc(Br)c(CC(C)N)c1. The molecule has 1 aromatic rings. The Morgan fingerprint density at radius 3 is 2.80 bits per heavy atom. The molecule has 1 unspecified atom stereocenters. The third-order valence-corrected chi connectivity index (χ3v) is 2.68. The van der Waals surface area contributed by atoms with Gasteiger partial charge in [0.05, 0.1) is 0 Å². The first-order valence-electron chi connectivity index (χ1n) is 4.79. The quantitative estimate of drug-likeness (QED) is 0.838. The van der Waals surface area contributed by atoms with E-state index >= 15 is 0 Å². The molecule has 3 nitrogen and oxygen atoms in total. The van der Waals surface area contributed by atoms with Crippen LogP contribution < -0.4 is 10.5 Å². The Hall–Kier alpha value is -0.580. The minimum Gasteiger partial charge on any atom is -0.468 e. The van der Waals surface area contributed by atoms with Crippen LogP contribution in [0.5, 0.6) is 5.75 Å². The van der Waals surface area contributed by atoms with Crippen molar-refractivity contribution in [3.63, 3.8) is 0 Å². The Morgan fingerprint density at radius 1 is 1.47 bits per heavy atom. The van der Waals surface area contributed by atoms with E-state index in [2.05, 4.69) is 15.9 Å². The molecule has 0 radical (unpaired) electrons. The molecule has 1 rings (SSSR count). The summed E-state index contributed by atoms with van der Waals surface area (Å²) in [6.45, 7) is 2.24. The Bertz CT molecular complexity index is 315. The van der Waals surface area contributed by atoms with Crippen LogP contribution in [0.25, 0.3) is 0 Å². The van der Waals surface area contributed by atoms with Crippen LogP contribution >= 0.6 is 15.9 Å². The lowest BCUT2D eigenvalue weighted by Crippen LogP contribution is -2.18. The first-order chi connectivity index (χ1) is 7.13. The monoisotopic (exact) mass is 273 g/mol. The van der Waals surface area contributed by atoms with E-state index in [0.29, 0.717) is 0 Å². The van der Waals surface area contributed by atoms with E-state index < -0.39 is 0 Å². The summed E-state index contributed by atoms with van der Waals surface area (Å²) in [7, 11) is 1.60. The normalized spacial score (nSPS) is 12.5. The van der Waals surface area contributed by atoms with Gasteiger partial charge in [0.25, 0.3) is 0 Å². The molecule has 0 amide bonds. The molecular formula is C11H16BrNO2. The largest absolute Gasteiger partial charge is 0.468 e. The van der Waals surface area contributed by atoms with Gasteiger partial charge in [-0.25, -0.2) is 0 Å². The number of benzene rings is 1. The molecule has 1 aromatic carbocycles. The average Bonchev–Trinajstić information content (AvgIpc) is 2.18. The summed E-state index contributed by atoms with van der Waals surface area (Å²) in [5.41, 5.74) is 6.91. The Morgan fingerprint density at radius 2 is 2.20 bits per heavy atom. The summed E-state index contributed by atoms with van der Waals surface area (Å²) in [4.78, 5) is 0. The van der Waals surface area contributed by atoms with E-state index in [0.717, 1.165) is 22.2 Å². The van der Waals surface area contributed by atoms with Crippen LogP contribution in [0.4, 0.5) is 0 Å². The van der Waals surface area contributed by atoms with Gasteiger partial charge in [0.1, 0.15) is 5.75 Å². The van der Waals surface area contributed by atoms with Crippen molar-refractivity contribution >= 4 is 15.9 Å². The van der Waals surface area contributed by atoms with Gasteiger partial charge in [-0.05, 0) is 37.1 Å². The van der Waals surface area contributed by atoms with Crippen molar-refractivity contribution in [2.45, 2.75) is 19.4 Å². The summed E-state index contributed by atoms with van der Waals surface area (Å²) in [5, 5.41) is 0. The number of halogens is 1. The molecule has 0 heterocycles. The third-order valence-electron chi connectivity index (χ3n) is 1.90. The molecule has 84 valence electrons. The molecule has 0 aromatic heterocycles. The summed E-state index contributed by atoms with van der Waals surface area (Å²) in [5.74, 6) is 0.802. The van der Waals surface area contributed by atoms with E-state index in [1.807, 2.05) is 25.1 Å². The molecule has 0 spiro atoms. The van der Waals surface area contributed by atoms with Crippen LogP contribution in [-0.4, -0.2) is 19.9 Å². The van der Waals surface area contributed by atoms with Crippen LogP contribution in [0.1, 0.15) is 12.5 Å². The van der Waals surface area contributed by atoms with E-state index in [4.69, 9.17) is 15.2 Å². The van der Waals surface area contributed by atoms with Crippen molar-refractivity contribution < 1.29 is 9.47 Å². The fourth-order valence-electron chi connectivity index (χ4n) is 1.27. The maximum atomic E-state index is 5.76. The molecule has 15 heavy (non-hydrogen) atoms. The highest BCUT2D eigenvalue weighted by atomic mass is 79.9. The molecule has 0 saturated carbocycles. The van der Waals surface area contributed by atoms with Gasteiger partial charge >= 0.3 is 0 Å². The van der Waals surface area contributed by atoms with Crippen molar-refractivity contribution in [3.8, 4) is 5.75 Å². The number of rotatable bonds is 5. The fourth-order valence-corrected chi connectivity index (χ4v) is 1.68. The minimum absolute atomic E-state index is 0.138. The van der Waals surface area contributed by atoms with E-state index in [1.165, 1.54) is 0 Å². The summed E-state index contributed by atoms with van der Waals surface area (Å²) in [6, 6.07) is 5.97. The van der Waals surface area contributed by atoms with Gasteiger partial charge in [-0.1, -0.05) is 15.9 Å². The van der Waals surface area contributed by atoms with Gasteiger partial charge in [-0.3, -0.25) is 0 Å². The fraction of sp³-hybridized carbons (Fsp3) is 0.455. The molecule has 0 aliphatic carbocycles. The second-order valence-electron chi connectivity index (χ2n) is 3.49. The van der Waals surface area contributed by atoms with Crippen LogP contribution in [-0.2, 0) is 11.2 Å². The van der Waals surface area contributed by atoms with Crippen molar-refractivity contribution in [3.05, 3.63) is 28.2 Å². The highest BCUT2D eigenvalue weighted by Crippen LogP contribution is 2.23. The average molecular weight is 274 g/mol. The van der Waals surface area contributed by atoms with Gasteiger partial charge in [-0.15, -0.1) is 0 Å². The molecule has 4 heteroatoms. The lowest BCUT2D eigenvalue weighted by Gasteiger charge is -2.10. The predicted octanol–water partition coefficient (Wildman–Crippen LogP) is 2.32. The van der Waals surface area contributed by atoms with E-state index in [9.17, 15) is 0 Å². The summed E-state index contributed by atoms with van der Waals surface area (Å²) < 4.78 is 11.2. The highest BCUT2D eigenvalue weighted by Gasteiger charge is 2.05. The van der Waals surface area contributed by atoms with Crippen LogP contribution in [0, 0.1) is 0 Å². The van der Waals surface area contributed by atoms with Gasteiger partial charge in [0.2, 0.25) is 0 Å². The van der Waals surface area contributed by atoms with Crippen LogP contribution in [0.3, 0.4) is 0 Å². The summed E-state index contributed by atoms with van der Waals surface area (Å²) in [6.07, 6.45) is 0.824. The smallest absolute Gasteiger partial charge is 0.188 e. The molecule has 0 bridgehead atoms. The van der Waals surface area contributed by atoms with E-state index in [-0.39, 0.29) is 12.8 Å². The minimum atomic E-state index is 0.138. The van der Waals surface area contributed by atoms with Crippen molar-refractivity contribution in [2.24, 2.45) is 5.73 Å². The van der Waals surface area contributed by atoms with Crippen LogP contribution in [0.15, 0.2) is 22.7 Å². The molecule has 0 aliphatic heterocycles. The first-order valence-corrected chi connectivity index (χ1v) is 5.58. The topological polar surface area (TPSA) is 44.5 Å². The molecule has 0 aliphatic rings. The zero-order valence-corrected chi connectivity index (χ0v) is 10.6. The second kappa shape index (κ2) is 6.10. The second-order valence-corrected chi connectivity index (χ2v) is 4.34. The predicted molar refractivity (Wildman–Crippen MR) is 64.0 cm³/mol. The standard InChI is InChI=1S/C11H16BrNO2/c1-8(13)5-9-6-10(15-7-14-2)3-4-11(9)12/h3-4,6,8H,5,7,13H2,1-2H3. The number of nitrogens with two attached hydrogens (primary N) is 1. The van der Waals surface area contributed by atoms with E-state index in [1.54, 1.807) is 7.11 Å². The lowest BCUT2D eigenvalue weighted by atomic mass is 10.1. The number of methoxy groups -OCH3 is 1. The maximum absolute atomic E-state index is 5.76. The molecule has 0 saturated heterocycles. The van der Waals surface area contributed by atoms with Crippen LogP contribution in [0.2, 0.25) is 0 Å². The zero-order valence-electron chi connectivity index (χ0n) is 9.00. The van der Waals surface area contributed by atoms with Crippen molar-refractivity contribution in [1.29, 1.82) is 0 Å². The maximum Gasteiger partial charge on any atom is 0.188 e. The Labute approximate surface area is 98.7 Å². The molecule has 1 atom stereocenters.